The molecule has 2 aromatic carbocycles. The number of hydrogen-bond acceptors (Lipinski definition) is 6. The molecule has 1 amide bonds. The third kappa shape index (κ3) is 5.06. The molecule has 8 heteroatoms. The van der Waals surface area contributed by atoms with Gasteiger partial charge in [0.15, 0.2) is 0 Å². The molecule has 148 valence electrons. The molecule has 0 aliphatic heterocycles. The fourth-order valence-electron chi connectivity index (χ4n) is 2.94. The standard InChI is InChI=1S/C20H22N2O6/c1-12-7-13(2)9-15(8-12)19(23)21-17(20(24)28-4)11-14-10-16(22(25)26)5-6-18(14)27-3/h5-10,17H,11H2,1-4H3,(H,21,23)/t17-/m1/s1. The summed E-state index contributed by atoms with van der Waals surface area (Å²) in [6, 6.07) is 8.40. The number of carbonyl (C=O) groups excluding carboxylic acids is 2. The van der Waals surface area contributed by atoms with E-state index in [1.54, 1.807) is 12.1 Å². The molecule has 1 atom stereocenters. The van der Waals surface area contributed by atoms with Crippen molar-refractivity contribution in [3.8, 4) is 5.75 Å². The van der Waals surface area contributed by atoms with E-state index in [1.807, 2.05) is 19.9 Å². The van der Waals surface area contributed by atoms with Crippen LogP contribution in [0.3, 0.4) is 0 Å². The number of nitrogens with one attached hydrogen (secondary N) is 1. The molecule has 28 heavy (non-hydrogen) atoms. The van der Waals surface area contributed by atoms with Gasteiger partial charge in [0.05, 0.1) is 19.1 Å². The van der Waals surface area contributed by atoms with E-state index in [4.69, 9.17) is 9.47 Å². The van der Waals surface area contributed by atoms with Crippen LogP contribution in [0.15, 0.2) is 36.4 Å². The zero-order chi connectivity index (χ0) is 20.8. The van der Waals surface area contributed by atoms with E-state index in [0.29, 0.717) is 16.9 Å². The van der Waals surface area contributed by atoms with Crippen molar-refractivity contribution in [1.29, 1.82) is 0 Å². The van der Waals surface area contributed by atoms with Crippen LogP contribution < -0.4 is 10.1 Å². The highest BCUT2D eigenvalue weighted by atomic mass is 16.6. The van der Waals surface area contributed by atoms with Gasteiger partial charge in [-0.15, -0.1) is 0 Å². The summed E-state index contributed by atoms with van der Waals surface area (Å²) in [5, 5.41) is 13.7. The number of methoxy groups -OCH3 is 2. The number of hydrogen-bond donors (Lipinski definition) is 1. The quantitative estimate of drug-likeness (QED) is 0.445. The lowest BCUT2D eigenvalue weighted by molar-refractivity contribution is -0.384. The molecule has 0 unspecified atom stereocenters. The Morgan fingerprint density at radius 3 is 2.29 bits per heavy atom. The van der Waals surface area contributed by atoms with Crippen LogP contribution >= 0.6 is 0 Å². The first-order valence-electron chi connectivity index (χ1n) is 8.53. The topological polar surface area (TPSA) is 108 Å². The molecule has 0 spiro atoms. The summed E-state index contributed by atoms with van der Waals surface area (Å²) in [5.41, 5.74) is 2.52. The number of non-ortho nitro benzene ring substituents is 1. The van der Waals surface area contributed by atoms with Gasteiger partial charge in [0, 0.05) is 29.7 Å². The van der Waals surface area contributed by atoms with Gasteiger partial charge in [0.1, 0.15) is 11.8 Å². The normalized spacial score (nSPS) is 11.4. The molecule has 0 bridgehead atoms. The lowest BCUT2D eigenvalue weighted by atomic mass is 10.0. The van der Waals surface area contributed by atoms with E-state index in [1.165, 1.54) is 32.4 Å². The van der Waals surface area contributed by atoms with Crippen LogP contribution in [0.25, 0.3) is 0 Å². The van der Waals surface area contributed by atoms with E-state index < -0.39 is 22.8 Å². The van der Waals surface area contributed by atoms with Gasteiger partial charge in [-0.05, 0) is 32.0 Å². The summed E-state index contributed by atoms with van der Waals surface area (Å²) < 4.78 is 10.0. The van der Waals surface area contributed by atoms with Gasteiger partial charge < -0.3 is 14.8 Å². The van der Waals surface area contributed by atoms with E-state index in [9.17, 15) is 19.7 Å². The van der Waals surface area contributed by atoms with E-state index in [0.717, 1.165) is 11.1 Å². The zero-order valence-corrected chi connectivity index (χ0v) is 16.1. The van der Waals surface area contributed by atoms with E-state index in [-0.39, 0.29) is 12.1 Å². The minimum atomic E-state index is -1.03. The van der Waals surface area contributed by atoms with Gasteiger partial charge in [-0.25, -0.2) is 4.79 Å². The maximum atomic E-state index is 12.6. The second-order valence-electron chi connectivity index (χ2n) is 6.38. The van der Waals surface area contributed by atoms with Gasteiger partial charge in [-0.2, -0.15) is 0 Å². The minimum Gasteiger partial charge on any atom is -0.496 e. The Morgan fingerprint density at radius 2 is 1.75 bits per heavy atom. The molecule has 0 fully saturated rings. The van der Waals surface area contributed by atoms with Crippen LogP contribution in [0.2, 0.25) is 0 Å². The van der Waals surface area contributed by atoms with Crippen molar-refractivity contribution in [3.63, 3.8) is 0 Å². The molecule has 0 saturated heterocycles. The maximum Gasteiger partial charge on any atom is 0.328 e. The third-order valence-electron chi connectivity index (χ3n) is 4.17. The molecule has 0 radical (unpaired) electrons. The summed E-state index contributed by atoms with van der Waals surface area (Å²) in [6.07, 6.45) is -0.0198. The highest BCUT2D eigenvalue weighted by Gasteiger charge is 2.25. The molecule has 1 N–H and O–H groups in total. The Kier molecular flexibility index (Phi) is 6.70. The maximum absolute atomic E-state index is 12.6. The monoisotopic (exact) mass is 386 g/mol. The van der Waals surface area contributed by atoms with Gasteiger partial charge in [-0.3, -0.25) is 14.9 Å². The molecule has 0 aromatic heterocycles. The SMILES string of the molecule is COC(=O)[C@@H](Cc1cc([N+](=O)[O-])ccc1OC)NC(=O)c1cc(C)cc(C)c1. The van der Waals surface area contributed by atoms with Crippen LogP contribution in [-0.2, 0) is 16.0 Å². The molecular weight excluding hydrogens is 364 g/mol. The van der Waals surface area contributed by atoms with Crippen LogP contribution in [0.1, 0.15) is 27.0 Å². The summed E-state index contributed by atoms with van der Waals surface area (Å²) in [5.74, 6) is -0.724. The van der Waals surface area contributed by atoms with Crippen molar-refractivity contribution in [1.82, 2.24) is 5.32 Å². The molecule has 0 aliphatic rings. The van der Waals surface area contributed by atoms with Crippen molar-refractivity contribution in [2.24, 2.45) is 0 Å². The van der Waals surface area contributed by atoms with Crippen LogP contribution in [-0.4, -0.2) is 37.1 Å². The largest absolute Gasteiger partial charge is 0.496 e. The van der Waals surface area contributed by atoms with Crippen molar-refractivity contribution in [2.45, 2.75) is 26.3 Å². The summed E-state index contributed by atoms with van der Waals surface area (Å²) in [4.78, 5) is 35.4. The Morgan fingerprint density at radius 1 is 1.11 bits per heavy atom. The molecule has 8 nitrogen and oxygen atoms in total. The van der Waals surface area contributed by atoms with Gasteiger partial charge >= 0.3 is 5.97 Å². The number of benzene rings is 2. The highest BCUT2D eigenvalue weighted by Crippen LogP contribution is 2.25. The van der Waals surface area contributed by atoms with E-state index >= 15 is 0 Å². The van der Waals surface area contributed by atoms with Crippen molar-refractivity contribution in [3.05, 3.63) is 68.8 Å². The average molecular weight is 386 g/mol. The molecule has 0 heterocycles. The lowest BCUT2D eigenvalue weighted by Crippen LogP contribution is -2.43. The first-order chi connectivity index (χ1) is 13.2. The number of esters is 1. The highest BCUT2D eigenvalue weighted by molar-refractivity contribution is 5.97. The smallest absolute Gasteiger partial charge is 0.328 e. The molecule has 2 rings (SSSR count). The predicted octanol–water partition coefficient (Wildman–Crippen LogP) is 2.73. The molecule has 0 aliphatic carbocycles. The second-order valence-corrected chi connectivity index (χ2v) is 6.38. The number of nitro benzene ring substituents is 1. The van der Waals surface area contributed by atoms with Crippen molar-refractivity contribution in [2.75, 3.05) is 14.2 Å². The third-order valence-corrected chi connectivity index (χ3v) is 4.17. The van der Waals surface area contributed by atoms with Crippen LogP contribution in [0.5, 0.6) is 5.75 Å². The lowest BCUT2D eigenvalue weighted by Gasteiger charge is -2.18. The first kappa shape index (κ1) is 20.9. The fourth-order valence-corrected chi connectivity index (χ4v) is 2.94. The summed E-state index contributed by atoms with van der Waals surface area (Å²) in [7, 11) is 2.63. The molecule has 0 saturated carbocycles. The summed E-state index contributed by atoms with van der Waals surface area (Å²) >= 11 is 0. The van der Waals surface area contributed by atoms with Gasteiger partial charge in [0.25, 0.3) is 11.6 Å². The number of rotatable bonds is 7. The second kappa shape index (κ2) is 8.98. The number of ether oxygens (including phenoxy) is 2. The van der Waals surface area contributed by atoms with Crippen molar-refractivity contribution >= 4 is 17.6 Å². The Balaban J connectivity index is 2.32. The van der Waals surface area contributed by atoms with Crippen molar-refractivity contribution < 1.29 is 24.0 Å². The average Bonchev–Trinajstić information content (AvgIpc) is 2.65. The number of nitrogens with zero attached hydrogens (tertiary/aromatic N) is 1. The zero-order valence-electron chi connectivity index (χ0n) is 16.1. The number of nitro groups is 1. The predicted molar refractivity (Wildman–Crippen MR) is 103 cm³/mol. The number of amides is 1. The summed E-state index contributed by atoms with van der Waals surface area (Å²) in [6.45, 7) is 3.74. The fraction of sp³-hybridized carbons (Fsp3) is 0.300. The van der Waals surface area contributed by atoms with E-state index in [2.05, 4.69) is 5.32 Å². The van der Waals surface area contributed by atoms with Gasteiger partial charge in [0.2, 0.25) is 0 Å². The van der Waals surface area contributed by atoms with Gasteiger partial charge in [-0.1, -0.05) is 17.2 Å². The number of carbonyl (C=O) groups is 2. The minimum absolute atomic E-state index is 0.0198. The number of aryl methyl sites for hydroxylation is 2. The first-order valence-corrected chi connectivity index (χ1v) is 8.53. The van der Waals surface area contributed by atoms with Crippen LogP contribution in [0, 0.1) is 24.0 Å². The van der Waals surface area contributed by atoms with Crippen LogP contribution in [0.4, 0.5) is 5.69 Å². The Labute approximate surface area is 162 Å². The molecule has 2 aromatic rings. The Bertz CT molecular complexity index is 889. The molecular formula is C20H22N2O6. The Hall–Kier alpha value is -3.42.